The van der Waals surface area contributed by atoms with E-state index in [1.807, 2.05) is 0 Å². The molecule has 1 atom stereocenters. The van der Waals surface area contributed by atoms with E-state index in [0.29, 0.717) is 11.8 Å². The summed E-state index contributed by atoms with van der Waals surface area (Å²) in [5.41, 5.74) is -5.41. The highest BCUT2D eigenvalue weighted by molar-refractivity contribution is 7.22. The van der Waals surface area contributed by atoms with E-state index in [1.165, 1.54) is 18.2 Å². The molecule has 35 heavy (non-hydrogen) atoms. The lowest BCUT2D eigenvalue weighted by Crippen LogP contribution is -2.44. The van der Waals surface area contributed by atoms with Crippen molar-refractivity contribution < 1.29 is 37.4 Å². The molecule has 0 saturated carbocycles. The second-order valence-corrected chi connectivity index (χ2v) is 8.16. The van der Waals surface area contributed by atoms with Gasteiger partial charge in [-0.1, -0.05) is 17.4 Å². The van der Waals surface area contributed by atoms with Crippen LogP contribution in [0.5, 0.6) is 0 Å². The fourth-order valence-corrected chi connectivity index (χ4v) is 4.01. The number of carbonyl (C=O) groups excluding carboxylic acids is 1. The Hall–Kier alpha value is -4.17. The molecule has 9 nitrogen and oxygen atoms in total. The van der Waals surface area contributed by atoms with Gasteiger partial charge in [-0.15, -0.1) is 0 Å². The summed E-state index contributed by atoms with van der Waals surface area (Å²) in [6.45, 7) is 0. The number of aromatic carboxylic acids is 1. The number of carboxylic acids is 1. The molecule has 180 valence electrons. The van der Waals surface area contributed by atoms with Crippen molar-refractivity contribution in [1.29, 1.82) is 0 Å². The maximum Gasteiger partial charge on any atom is 0.427 e. The van der Waals surface area contributed by atoms with E-state index in [9.17, 15) is 32.3 Å². The highest BCUT2D eigenvalue weighted by atomic mass is 32.1. The van der Waals surface area contributed by atoms with E-state index in [4.69, 9.17) is 5.11 Å². The maximum atomic E-state index is 14.1. The largest absolute Gasteiger partial charge is 0.478 e. The molecule has 2 amide bonds. The van der Waals surface area contributed by atoms with Crippen LogP contribution >= 0.6 is 11.3 Å². The molecular weight excluding hydrogens is 494 g/mol. The molecule has 0 spiro atoms. The Morgan fingerprint density at radius 3 is 2.37 bits per heavy atom. The zero-order chi connectivity index (χ0) is 25.4. The molecule has 2 heterocycles. The average molecular weight is 507 g/mol. The summed E-state index contributed by atoms with van der Waals surface area (Å²) in [5, 5.41) is 31.3. The normalized spacial score (nSPS) is 13.3. The van der Waals surface area contributed by atoms with Gasteiger partial charge in [0, 0.05) is 11.3 Å². The SMILES string of the molecule is O=C(Nc1ccc(F)cc1)Nc1nc2ccc(C(O)(c3cc(C(=O)O)cnn3)C(F)(F)F)cc2s1. The van der Waals surface area contributed by atoms with Crippen molar-refractivity contribution in [3.8, 4) is 0 Å². The summed E-state index contributed by atoms with van der Waals surface area (Å²) >= 11 is 0.831. The van der Waals surface area contributed by atoms with Gasteiger partial charge in [-0.3, -0.25) is 5.32 Å². The average Bonchev–Trinajstić information content (AvgIpc) is 3.20. The number of carbonyl (C=O) groups is 2. The first-order chi connectivity index (χ1) is 16.5. The molecule has 0 aliphatic carbocycles. The minimum absolute atomic E-state index is 0.0416. The van der Waals surface area contributed by atoms with Crippen molar-refractivity contribution in [1.82, 2.24) is 15.2 Å². The number of alkyl halides is 3. The lowest BCUT2D eigenvalue weighted by atomic mass is 9.88. The van der Waals surface area contributed by atoms with E-state index in [0.717, 1.165) is 41.8 Å². The molecule has 0 aliphatic rings. The lowest BCUT2D eigenvalue weighted by Gasteiger charge is -2.30. The molecule has 0 bridgehead atoms. The van der Waals surface area contributed by atoms with Crippen LogP contribution in [0.15, 0.2) is 54.7 Å². The van der Waals surface area contributed by atoms with Gasteiger partial charge in [-0.2, -0.15) is 23.4 Å². The fraction of sp³-hybridized carbons (Fsp3) is 0.0952. The fourth-order valence-electron chi connectivity index (χ4n) is 3.11. The molecule has 14 heteroatoms. The molecule has 1 unspecified atom stereocenters. The Morgan fingerprint density at radius 1 is 1.00 bits per heavy atom. The summed E-state index contributed by atoms with van der Waals surface area (Å²) in [4.78, 5) is 27.5. The Labute approximate surface area is 197 Å². The lowest BCUT2D eigenvalue weighted by molar-refractivity contribution is -0.250. The number of fused-ring (bicyclic) bond motifs is 1. The van der Waals surface area contributed by atoms with E-state index >= 15 is 0 Å². The Kier molecular flexibility index (Phi) is 6.08. The Balaban J connectivity index is 1.66. The summed E-state index contributed by atoms with van der Waals surface area (Å²) in [6, 6.07) is 8.01. The molecule has 0 aliphatic heterocycles. The molecule has 4 aromatic rings. The Morgan fingerprint density at radius 2 is 1.71 bits per heavy atom. The smallest absolute Gasteiger partial charge is 0.427 e. The van der Waals surface area contributed by atoms with Crippen LogP contribution in [0.2, 0.25) is 0 Å². The number of aromatic nitrogens is 3. The van der Waals surface area contributed by atoms with Crippen molar-refractivity contribution >= 4 is 44.4 Å². The summed E-state index contributed by atoms with van der Waals surface area (Å²) < 4.78 is 55.3. The van der Waals surface area contributed by atoms with Crippen molar-refractivity contribution in [2.75, 3.05) is 10.6 Å². The van der Waals surface area contributed by atoms with E-state index in [1.54, 1.807) is 0 Å². The number of nitrogens with zero attached hydrogens (tertiary/aromatic N) is 3. The summed E-state index contributed by atoms with van der Waals surface area (Å²) in [6.07, 6.45) is -4.53. The van der Waals surface area contributed by atoms with Gasteiger partial charge in [-0.25, -0.2) is 19.0 Å². The number of carboxylic acid groups (broad SMARTS) is 1. The Bertz CT molecular complexity index is 1430. The van der Waals surface area contributed by atoms with Gasteiger partial charge >= 0.3 is 18.2 Å². The molecule has 4 rings (SSSR count). The topological polar surface area (TPSA) is 137 Å². The number of thiazole rings is 1. The second-order valence-electron chi connectivity index (χ2n) is 7.13. The van der Waals surface area contributed by atoms with Crippen molar-refractivity contribution in [2.24, 2.45) is 0 Å². The standard InChI is InChI=1S/C21H13F4N5O4S/c22-12-2-4-13(5-3-12)27-18(33)29-19-28-14-6-1-11(8-15(14)35-19)20(34,21(23,24)25)16-7-10(17(31)32)9-26-30-16/h1-9,34H,(H,31,32)(H2,27,28,29,33). The number of urea groups is 1. The van der Waals surface area contributed by atoms with Crippen LogP contribution in [0, 0.1) is 5.82 Å². The van der Waals surface area contributed by atoms with Crippen LogP contribution in [0.4, 0.5) is 33.2 Å². The zero-order valence-corrected chi connectivity index (χ0v) is 18.0. The van der Waals surface area contributed by atoms with Gasteiger partial charge in [0.2, 0.25) is 5.60 Å². The molecular formula is C21H13F4N5O4S. The highest BCUT2D eigenvalue weighted by Gasteiger charge is 2.58. The predicted molar refractivity (Wildman–Crippen MR) is 117 cm³/mol. The molecule has 0 fully saturated rings. The van der Waals surface area contributed by atoms with E-state index in [-0.39, 0.29) is 15.3 Å². The minimum atomic E-state index is -5.28. The van der Waals surface area contributed by atoms with Gasteiger partial charge in [0.05, 0.1) is 22.0 Å². The first-order valence-corrected chi connectivity index (χ1v) is 10.4. The second kappa shape index (κ2) is 8.88. The third kappa shape index (κ3) is 4.74. The minimum Gasteiger partial charge on any atom is -0.478 e. The summed E-state index contributed by atoms with van der Waals surface area (Å²) in [7, 11) is 0. The number of hydrogen-bond donors (Lipinski definition) is 4. The van der Waals surface area contributed by atoms with Crippen LogP contribution in [0.1, 0.15) is 21.6 Å². The van der Waals surface area contributed by atoms with Gasteiger partial charge < -0.3 is 15.5 Å². The van der Waals surface area contributed by atoms with Gasteiger partial charge in [0.15, 0.2) is 5.13 Å². The van der Waals surface area contributed by atoms with Crippen molar-refractivity contribution in [2.45, 2.75) is 11.8 Å². The third-order valence-electron chi connectivity index (χ3n) is 4.81. The number of rotatable bonds is 5. The molecule has 2 aromatic carbocycles. The zero-order valence-electron chi connectivity index (χ0n) is 17.2. The third-order valence-corrected chi connectivity index (χ3v) is 5.74. The van der Waals surface area contributed by atoms with Crippen LogP contribution in [0.3, 0.4) is 0 Å². The molecule has 0 radical (unpaired) electrons. The van der Waals surface area contributed by atoms with Crippen LogP contribution in [-0.2, 0) is 5.60 Å². The number of aliphatic hydroxyl groups is 1. The number of halogens is 4. The number of anilines is 2. The van der Waals surface area contributed by atoms with Gasteiger partial charge in [0.1, 0.15) is 11.5 Å². The number of nitrogens with one attached hydrogen (secondary N) is 2. The summed E-state index contributed by atoms with van der Waals surface area (Å²) in [5.74, 6) is -2.03. The highest BCUT2D eigenvalue weighted by Crippen LogP contribution is 2.44. The van der Waals surface area contributed by atoms with Gasteiger partial charge in [0.25, 0.3) is 0 Å². The molecule has 2 aromatic heterocycles. The first kappa shape index (κ1) is 24.0. The quantitative estimate of drug-likeness (QED) is 0.295. The van der Waals surface area contributed by atoms with Crippen LogP contribution in [-0.4, -0.2) is 43.6 Å². The van der Waals surface area contributed by atoms with Crippen molar-refractivity contribution in [3.63, 3.8) is 0 Å². The number of benzene rings is 2. The van der Waals surface area contributed by atoms with Crippen LogP contribution in [0.25, 0.3) is 10.2 Å². The van der Waals surface area contributed by atoms with E-state index < -0.39 is 46.4 Å². The maximum absolute atomic E-state index is 14.1. The molecule has 0 saturated heterocycles. The number of hydrogen-bond acceptors (Lipinski definition) is 7. The monoisotopic (exact) mass is 507 g/mol. The number of amides is 2. The van der Waals surface area contributed by atoms with Crippen LogP contribution < -0.4 is 10.6 Å². The molecule has 4 N–H and O–H groups in total. The first-order valence-electron chi connectivity index (χ1n) is 9.57. The van der Waals surface area contributed by atoms with Crippen molar-refractivity contribution in [3.05, 3.63) is 77.4 Å². The van der Waals surface area contributed by atoms with E-state index in [2.05, 4.69) is 25.8 Å². The predicted octanol–water partition coefficient (Wildman–Crippen LogP) is 4.37. The van der Waals surface area contributed by atoms with Gasteiger partial charge in [-0.05, 0) is 42.5 Å².